The van der Waals surface area contributed by atoms with Gasteiger partial charge in [0, 0.05) is 28.1 Å². The molecule has 2 aliphatic rings. The minimum Gasteiger partial charge on any atom is -0.345 e. The van der Waals surface area contributed by atoms with E-state index >= 15 is 4.39 Å². The van der Waals surface area contributed by atoms with Crippen LogP contribution in [0, 0.1) is 0 Å². The Labute approximate surface area is 178 Å². The van der Waals surface area contributed by atoms with Crippen LogP contribution in [0.4, 0.5) is 10.1 Å². The van der Waals surface area contributed by atoms with Gasteiger partial charge in [-0.05, 0) is 54.8 Å². The van der Waals surface area contributed by atoms with Gasteiger partial charge in [-0.1, -0.05) is 41.4 Å². The molecule has 150 valence electrons. The van der Waals surface area contributed by atoms with Crippen LogP contribution >= 0.6 is 23.2 Å². The van der Waals surface area contributed by atoms with E-state index in [9.17, 15) is 9.59 Å². The Balaban J connectivity index is 2.04. The van der Waals surface area contributed by atoms with E-state index in [0.29, 0.717) is 32.4 Å². The minimum atomic E-state index is -1.36. The van der Waals surface area contributed by atoms with Gasteiger partial charge in [-0.3, -0.25) is 9.59 Å². The van der Waals surface area contributed by atoms with Gasteiger partial charge in [-0.25, -0.2) is 4.39 Å². The van der Waals surface area contributed by atoms with Crippen molar-refractivity contribution in [1.29, 1.82) is 0 Å². The first-order valence-electron chi connectivity index (χ1n) is 9.24. The van der Waals surface area contributed by atoms with Crippen molar-refractivity contribution in [1.82, 2.24) is 5.32 Å². The van der Waals surface area contributed by atoms with E-state index in [1.165, 1.54) is 0 Å². The van der Waals surface area contributed by atoms with E-state index in [2.05, 4.69) is 10.6 Å². The zero-order valence-corrected chi connectivity index (χ0v) is 17.4. The monoisotopic (exact) mass is 432 g/mol. The van der Waals surface area contributed by atoms with Gasteiger partial charge in [0.15, 0.2) is 0 Å². The van der Waals surface area contributed by atoms with Crippen LogP contribution in [0.5, 0.6) is 0 Å². The summed E-state index contributed by atoms with van der Waals surface area (Å²) in [6, 6.07) is 10.9. The quantitative estimate of drug-likeness (QED) is 0.691. The molecule has 7 heteroatoms. The molecule has 1 fully saturated rings. The fourth-order valence-corrected chi connectivity index (χ4v) is 4.87. The molecule has 0 saturated carbocycles. The highest BCUT2D eigenvalue weighted by atomic mass is 35.5. The first kappa shape index (κ1) is 19.9. The smallest absolute Gasteiger partial charge is 0.238 e. The van der Waals surface area contributed by atoms with Gasteiger partial charge in [-0.15, -0.1) is 0 Å². The maximum absolute atomic E-state index is 15.4. The second kappa shape index (κ2) is 7.15. The predicted molar refractivity (Wildman–Crippen MR) is 112 cm³/mol. The van der Waals surface area contributed by atoms with Crippen LogP contribution in [0.3, 0.4) is 0 Å². The summed E-state index contributed by atoms with van der Waals surface area (Å²) in [5.74, 6) is -1.83. The number of rotatable bonds is 2. The molecule has 4 rings (SSSR count). The molecule has 0 radical (unpaired) electrons. The van der Waals surface area contributed by atoms with Gasteiger partial charge >= 0.3 is 0 Å². The lowest BCUT2D eigenvalue weighted by Crippen LogP contribution is -2.62. The van der Waals surface area contributed by atoms with E-state index in [4.69, 9.17) is 23.2 Å². The van der Waals surface area contributed by atoms with Crippen molar-refractivity contribution in [2.75, 3.05) is 5.32 Å². The number of halogens is 3. The minimum absolute atomic E-state index is 0.0301. The molecule has 1 spiro atoms. The molecule has 2 heterocycles. The van der Waals surface area contributed by atoms with Crippen molar-refractivity contribution < 1.29 is 14.0 Å². The topological polar surface area (TPSA) is 58.2 Å². The van der Waals surface area contributed by atoms with E-state index in [1.54, 1.807) is 50.2 Å². The number of fused-ring (bicyclic) bond motifs is 2. The molecule has 2 amide bonds. The molecule has 2 aromatic rings. The van der Waals surface area contributed by atoms with Gasteiger partial charge < -0.3 is 10.6 Å². The Morgan fingerprint density at radius 3 is 2.52 bits per heavy atom. The molecular weight excluding hydrogens is 414 g/mol. The number of piperidine rings is 1. The highest BCUT2D eigenvalue weighted by molar-refractivity contribution is 6.31. The Bertz CT molecular complexity index is 1060. The van der Waals surface area contributed by atoms with Crippen LogP contribution in [0.25, 0.3) is 0 Å². The molecule has 2 aliphatic heterocycles. The first-order valence-corrected chi connectivity index (χ1v) is 10.00. The fraction of sp³-hybridized carbons (Fsp3) is 0.273. The molecule has 1 saturated heterocycles. The van der Waals surface area contributed by atoms with E-state index in [1.807, 2.05) is 6.07 Å². The van der Waals surface area contributed by atoms with E-state index in [0.717, 1.165) is 0 Å². The lowest BCUT2D eigenvalue weighted by molar-refractivity contribution is -0.130. The number of amides is 2. The van der Waals surface area contributed by atoms with Crippen molar-refractivity contribution in [2.24, 2.45) is 0 Å². The van der Waals surface area contributed by atoms with Crippen LogP contribution in [-0.2, 0) is 15.0 Å². The number of hydrogen-bond donors (Lipinski definition) is 2. The molecule has 2 N–H and O–H groups in total. The van der Waals surface area contributed by atoms with Gasteiger partial charge in [-0.2, -0.15) is 0 Å². The molecule has 0 aromatic heterocycles. The summed E-state index contributed by atoms with van der Waals surface area (Å²) in [6.07, 6.45) is 0.0301. The van der Waals surface area contributed by atoms with E-state index < -0.39 is 23.2 Å². The number of anilines is 1. The largest absolute Gasteiger partial charge is 0.345 e. The van der Waals surface area contributed by atoms with Gasteiger partial charge in [0.1, 0.15) is 11.2 Å². The molecule has 0 aliphatic carbocycles. The average molecular weight is 433 g/mol. The summed E-state index contributed by atoms with van der Waals surface area (Å²) in [6.45, 7) is 3.24. The Kier molecular flexibility index (Phi) is 4.91. The molecule has 2 aromatic carbocycles. The highest BCUT2D eigenvalue weighted by Gasteiger charge is 2.62. The van der Waals surface area contributed by atoms with Crippen molar-refractivity contribution in [2.45, 2.75) is 37.6 Å². The highest BCUT2D eigenvalue weighted by Crippen LogP contribution is 2.54. The lowest BCUT2D eigenvalue weighted by Gasteiger charge is -2.45. The molecule has 0 bridgehead atoms. The second-order valence-corrected chi connectivity index (χ2v) is 8.55. The molecule has 29 heavy (non-hydrogen) atoms. The molecule has 3 atom stereocenters. The van der Waals surface area contributed by atoms with Crippen LogP contribution < -0.4 is 10.6 Å². The normalized spacial score (nSPS) is 25.4. The van der Waals surface area contributed by atoms with Gasteiger partial charge in [0.05, 0.1) is 6.04 Å². The molecule has 0 unspecified atom stereocenters. The van der Waals surface area contributed by atoms with Crippen LogP contribution in [0.15, 0.2) is 53.9 Å². The number of nitrogens with one attached hydrogen (secondary N) is 2. The van der Waals surface area contributed by atoms with Crippen molar-refractivity contribution in [3.05, 3.63) is 75.0 Å². The van der Waals surface area contributed by atoms with Crippen LogP contribution in [-0.4, -0.2) is 17.9 Å². The fourth-order valence-electron chi connectivity index (χ4n) is 4.50. The number of benzene rings is 2. The zero-order valence-electron chi connectivity index (χ0n) is 15.9. The number of carbonyl (C=O) groups excluding carboxylic acids is 2. The first-order chi connectivity index (χ1) is 13.7. The Morgan fingerprint density at radius 2 is 1.83 bits per heavy atom. The molecular formula is C22H19Cl2FN2O2. The lowest BCUT2D eigenvalue weighted by atomic mass is 9.60. The van der Waals surface area contributed by atoms with Crippen molar-refractivity contribution >= 4 is 40.7 Å². The second-order valence-electron chi connectivity index (χ2n) is 7.67. The maximum Gasteiger partial charge on any atom is 0.238 e. The predicted octanol–water partition coefficient (Wildman–Crippen LogP) is 5.12. The molecule has 4 nitrogen and oxygen atoms in total. The summed E-state index contributed by atoms with van der Waals surface area (Å²) in [5.41, 5.74) is 0.879. The van der Waals surface area contributed by atoms with Crippen molar-refractivity contribution in [3.63, 3.8) is 0 Å². The maximum atomic E-state index is 15.4. The van der Waals surface area contributed by atoms with Crippen LogP contribution in [0.2, 0.25) is 10.0 Å². The number of allylic oxidation sites excluding steroid dienone is 1. The summed E-state index contributed by atoms with van der Waals surface area (Å²) >= 11 is 12.3. The third-order valence-electron chi connectivity index (χ3n) is 5.73. The Morgan fingerprint density at radius 1 is 1.10 bits per heavy atom. The summed E-state index contributed by atoms with van der Waals surface area (Å²) in [5, 5.41) is 6.53. The van der Waals surface area contributed by atoms with Crippen LogP contribution in [0.1, 0.15) is 37.3 Å². The SMILES string of the molecule is CC(C)=C(F)[C@H]1NC(=O)C[C@@H](c2cccc(Cl)c2)[C@]12C(=O)Nc1cc(Cl)ccc12. The van der Waals surface area contributed by atoms with Gasteiger partial charge in [0.2, 0.25) is 11.8 Å². The number of hydrogen-bond acceptors (Lipinski definition) is 2. The third-order valence-corrected chi connectivity index (χ3v) is 6.20. The average Bonchev–Trinajstić information content (AvgIpc) is 2.94. The standard InChI is InChI=1S/C22H19Cl2FN2O2/c1-11(2)19(25)20-22(15-7-6-14(24)9-17(15)26-21(22)29)16(10-18(28)27-20)12-4-3-5-13(23)8-12/h3-9,16,20H,10H2,1-2H3,(H,26,29)(H,27,28)/t16-,20+,22-/m0/s1. The summed E-state index contributed by atoms with van der Waals surface area (Å²) in [4.78, 5) is 26.1. The summed E-state index contributed by atoms with van der Waals surface area (Å²) < 4.78 is 15.4. The van der Waals surface area contributed by atoms with Gasteiger partial charge in [0.25, 0.3) is 0 Å². The van der Waals surface area contributed by atoms with Crippen molar-refractivity contribution in [3.8, 4) is 0 Å². The zero-order chi connectivity index (χ0) is 20.9. The Hall–Kier alpha value is -2.37. The van der Waals surface area contributed by atoms with E-state index in [-0.39, 0.29) is 18.2 Å². The summed E-state index contributed by atoms with van der Waals surface area (Å²) in [7, 11) is 0. The number of carbonyl (C=O) groups is 2. The third kappa shape index (κ3) is 3.04.